The molecule has 3 atom stereocenters. The Kier molecular flexibility index (Phi) is 7.63. The van der Waals surface area contributed by atoms with Crippen molar-refractivity contribution in [2.75, 3.05) is 33.2 Å². The van der Waals surface area contributed by atoms with Crippen LogP contribution in [0.15, 0.2) is 6.07 Å². The van der Waals surface area contributed by atoms with Crippen LogP contribution < -0.4 is 14.2 Å². The van der Waals surface area contributed by atoms with Gasteiger partial charge in [-0.3, -0.25) is 9.62 Å². The molecule has 3 unspecified atom stereocenters. The minimum atomic E-state index is -0.639. The summed E-state index contributed by atoms with van der Waals surface area (Å²) in [5, 5.41) is 0. The predicted molar refractivity (Wildman–Crippen MR) is 119 cm³/mol. The van der Waals surface area contributed by atoms with Crippen molar-refractivity contribution < 1.29 is 28.1 Å². The maximum absolute atomic E-state index is 14.7. The van der Waals surface area contributed by atoms with Crippen LogP contribution >= 0.6 is 11.9 Å². The van der Waals surface area contributed by atoms with Gasteiger partial charge >= 0.3 is 6.09 Å². The highest BCUT2D eigenvalue weighted by atomic mass is 32.2. The normalized spacial score (nSPS) is 31.1. The number of fused-ring (bicyclic) bond motifs is 7. The molecular formula is C22H32FN3O5S. The standard InChI is InChI=1S/C22H32FN3O5S/c1-13-10-17(25-32-3)18-12-31-15-6-4-14(5-7-15)16-11-19(28-2)20(23)21(24-16)29-8-9-30-22(27)26(13)18/h11,13-15,17-18,25H,4-10,12H2,1-3H3. The first-order chi connectivity index (χ1) is 15.5. The van der Waals surface area contributed by atoms with E-state index in [1.165, 1.54) is 7.11 Å². The summed E-state index contributed by atoms with van der Waals surface area (Å²) in [6.07, 6.45) is 6.09. The van der Waals surface area contributed by atoms with Crippen molar-refractivity contribution in [1.29, 1.82) is 0 Å². The van der Waals surface area contributed by atoms with E-state index >= 15 is 0 Å². The van der Waals surface area contributed by atoms with Crippen molar-refractivity contribution in [2.45, 2.75) is 69.2 Å². The van der Waals surface area contributed by atoms with Gasteiger partial charge in [0.1, 0.15) is 13.2 Å². The van der Waals surface area contributed by atoms with Crippen LogP contribution in [0.4, 0.5) is 9.18 Å². The molecule has 1 saturated carbocycles. The van der Waals surface area contributed by atoms with E-state index in [4.69, 9.17) is 18.9 Å². The summed E-state index contributed by atoms with van der Waals surface area (Å²) in [7, 11) is 1.43. The molecule has 178 valence electrons. The van der Waals surface area contributed by atoms with E-state index in [1.54, 1.807) is 22.9 Å². The van der Waals surface area contributed by atoms with Crippen LogP contribution in [0.3, 0.4) is 0 Å². The van der Waals surface area contributed by atoms with Gasteiger partial charge in [0.05, 0.1) is 31.6 Å². The minimum Gasteiger partial charge on any atom is -0.493 e. The number of hydrogen-bond acceptors (Lipinski definition) is 8. The molecule has 5 rings (SSSR count). The summed E-state index contributed by atoms with van der Waals surface area (Å²) in [4.78, 5) is 19.1. The number of pyridine rings is 1. The molecule has 1 aliphatic carbocycles. The van der Waals surface area contributed by atoms with E-state index in [0.717, 1.165) is 37.8 Å². The molecule has 32 heavy (non-hydrogen) atoms. The second-order valence-electron chi connectivity index (χ2n) is 8.63. The average Bonchev–Trinajstić information content (AvgIpc) is 3.10. The zero-order chi connectivity index (χ0) is 22.7. The Hall–Kier alpha value is -1.78. The van der Waals surface area contributed by atoms with Crippen molar-refractivity contribution >= 4 is 18.0 Å². The Morgan fingerprint density at radius 2 is 2.00 bits per heavy atom. The third kappa shape index (κ3) is 4.92. The van der Waals surface area contributed by atoms with Crippen molar-refractivity contribution in [3.8, 4) is 11.6 Å². The predicted octanol–water partition coefficient (Wildman–Crippen LogP) is 3.50. The largest absolute Gasteiger partial charge is 0.493 e. The second kappa shape index (κ2) is 10.4. The SMILES string of the molecule is COc1cc2nc(c1F)OCCOC(=O)N1C(C)CC(NSC)C1COC1CCC2CC1. The lowest BCUT2D eigenvalue weighted by atomic mass is 9.85. The Labute approximate surface area is 192 Å². The van der Waals surface area contributed by atoms with Gasteiger partial charge in [-0.1, -0.05) is 11.9 Å². The van der Waals surface area contributed by atoms with Gasteiger partial charge in [-0.15, -0.1) is 0 Å². The summed E-state index contributed by atoms with van der Waals surface area (Å²) < 4.78 is 40.6. The van der Waals surface area contributed by atoms with Crippen molar-refractivity contribution in [3.05, 3.63) is 17.6 Å². The molecule has 1 N–H and O–H groups in total. The number of rotatable bonds is 3. The zero-order valence-electron chi connectivity index (χ0n) is 18.8. The summed E-state index contributed by atoms with van der Waals surface area (Å²) in [5.74, 6) is -0.439. The lowest BCUT2D eigenvalue weighted by Crippen LogP contribution is -2.48. The number of aromatic nitrogens is 1. The van der Waals surface area contributed by atoms with Crippen LogP contribution in [0.5, 0.6) is 11.6 Å². The Bertz CT molecular complexity index is 808. The van der Waals surface area contributed by atoms with Crippen LogP contribution in [0.1, 0.15) is 50.6 Å². The number of hydrogen-bond donors (Lipinski definition) is 1. The average molecular weight is 470 g/mol. The van der Waals surface area contributed by atoms with E-state index in [1.807, 2.05) is 13.2 Å². The number of ether oxygens (including phenoxy) is 4. The number of nitrogens with one attached hydrogen (secondary N) is 1. The first-order valence-corrected chi connectivity index (χ1v) is 12.5. The number of carbonyl (C=O) groups excluding carboxylic acids is 1. The molecule has 0 radical (unpaired) electrons. The van der Waals surface area contributed by atoms with E-state index in [2.05, 4.69) is 9.71 Å². The number of amides is 1. The first kappa shape index (κ1) is 23.4. The molecule has 4 bridgehead atoms. The van der Waals surface area contributed by atoms with Gasteiger partial charge in [-0.05, 0) is 45.3 Å². The fourth-order valence-electron chi connectivity index (χ4n) is 5.01. The molecule has 0 spiro atoms. The van der Waals surface area contributed by atoms with Gasteiger partial charge in [0, 0.05) is 24.1 Å². The maximum Gasteiger partial charge on any atom is 0.410 e. The van der Waals surface area contributed by atoms with Crippen molar-refractivity contribution in [1.82, 2.24) is 14.6 Å². The molecule has 1 amide bonds. The third-order valence-corrected chi connectivity index (χ3v) is 7.19. The lowest BCUT2D eigenvalue weighted by Gasteiger charge is -2.33. The Balaban J connectivity index is 1.57. The molecule has 1 aromatic heterocycles. The van der Waals surface area contributed by atoms with Gasteiger partial charge in [0.2, 0.25) is 5.82 Å². The molecule has 1 saturated heterocycles. The molecule has 3 aliphatic heterocycles. The van der Waals surface area contributed by atoms with Gasteiger partial charge in [0.25, 0.3) is 5.88 Å². The summed E-state index contributed by atoms with van der Waals surface area (Å²) in [5.41, 5.74) is 0.765. The van der Waals surface area contributed by atoms with E-state index in [0.29, 0.717) is 6.61 Å². The van der Waals surface area contributed by atoms with Gasteiger partial charge in [-0.2, -0.15) is 4.39 Å². The molecule has 4 heterocycles. The number of halogens is 1. The summed E-state index contributed by atoms with van der Waals surface area (Å²) in [6.45, 7) is 2.49. The first-order valence-electron chi connectivity index (χ1n) is 11.2. The summed E-state index contributed by atoms with van der Waals surface area (Å²) in [6, 6.07) is 1.71. The van der Waals surface area contributed by atoms with Gasteiger partial charge < -0.3 is 18.9 Å². The summed E-state index contributed by atoms with van der Waals surface area (Å²) >= 11 is 1.55. The number of methoxy groups -OCH3 is 1. The maximum atomic E-state index is 14.7. The molecule has 4 aliphatic rings. The molecule has 10 heteroatoms. The van der Waals surface area contributed by atoms with Crippen LogP contribution in [-0.2, 0) is 9.47 Å². The van der Waals surface area contributed by atoms with E-state index in [-0.39, 0.29) is 55.0 Å². The van der Waals surface area contributed by atoms with Crippen LogP contribution in [0.2, 0.25) is 0 Å². The molecule has 2 fully saturated rings. The molecule has 8 nitrogen and oxygen atoms in total. The number of carbonyl (C=O) groups is 1. The van der Waals surface area contributed by atoms with Gasteiger partial charge in [0.15, 0.2) is 5.75 Å². The van der Waals surface area contributed by atoms with Crippen LogP contribution in [0.25, 0.3) is 0 Å². The molecule has 1 aromatic rings. The topological polar surface area (TPSA) is 82.2 Å². The monoisotopic (exact) mass is 469 g/mol. The Morgan fingerprint density at radius 1 is 1.25 bits per heavy atom. The van der Waals surface area contributed by atoms with Crippen LogP contribution in [0, 0.1) is 5.82 Å². The minimum absolute atomic E-state index is 0.00400. The second-order valence-corrected chi connectivity index (χ2v) is 9.27. The lowest BCUT2D eigenvalue weighted by molar-refractivity contribution is -0.0118. The molecular weight excluding hydrogens is 437 g/mol. The Morgan fingerprint density at radius 3 is 2.72 bits per heavy atom. The fraction of sp³-hybridized carbons (Fsp3) is 0.727. The quantitative estimate of drug-likeness (QED) is 0.674. The van der Waals surface area contributed by atoms with Gasteiger partial charge in [-0.25, -0.2) is 9.78 Å². The zero-order valence-corrected chi connectivity index (χ0v) is 19.7. The van der Waals surface area contributed by atoms with Crippen molar-refractivity contribution in [2.24, 2.45) is 0 Å². The highest BCUT2D eigenvalue weighted by Gasteiger charge is 2.43. The molecule has 0 aromatic carbocycles. The highest BCUT2D eigenvalue weighted by Crippen LogP contribution is 2.37. The third-order valence-electron chi connectivity index (χ3n) is 6.65. The highest BCUT2D eigenvalue weighted by molar-refractivity contribution is 7.96. The van der Waals surface area contributed by atoms with E-state index < -0.39 is 11.9 Å². The smallest absolute Gasteiger partial charge is 0.410 e. The van der Waals surface area contributed by atoms with E-state index in [9.17, 15) is 9.18 Å². The van der Waals surface area contributed by atoms with Crippen molar-refractivity contribution in [3.63, 3.8) is 0 Å². The fourth-order valence-corrected chi connectivity index (χ4v) is 5.56. The van der Waals surface area contributed by atoms with Crippen LogP contribution in [-0.4, -0.2) is 73.4 Å². The number of nitrogens with zero attached hydrogens (tertiary/aromatic N) is 2.